The third-order valence-corrected chi connectivity index (χ3v) is 12.4. The van der Waals surface area contributed by atoms with Crippen molar-refractivity contribution in [1.82, 2.24) is 0 Å². The van der Waals surface area contributed by atoms with Crippen LogP contribution in [0.25, 0.3) is 43.1 Å². The summed E-state index contributed by atoms with van der Waals surface area (Å²) < 4.78 is 52.4. The molecule has 0 spiro atoms. The van der Waals surface area contributed by atoms with Crippen molar-refractivity contribution < 1.29 is 66.5 Å². The molecule has 0 N–H and O–H groups in total. The summed E-state index contributed by atoms with van der Waals surface area (Å²) in [6, 6.07) is 36.9. The molecular weight excluding hydrogens is 969 g/mol. The minimum Gasteiger partial charge on any atom is -0.463 e. The molecule has 0 amide bonds. The van der Waals surface area contributed by atoms with Crippen molar-refractivity contribution in [3.8, 4) is 0 Å². The van der Waals surface area contributed by atoms with E-state index >= 15 is 0 Å². The third-order valence-electron chi connectivity index (χ3n) is 12.4. The zero-order valence-electron chi connectivity index (χ0n) is 45.7. The molecule has 0 fully saturated rings. The number of methoxy groups -OCH3 is 2. The monoisotopic (exact) mass is 1050 g/mol. The largest absolute Gasteiger partial charge is 0.463 e. The lowest BCUT2D eigenvalue weighted by atomic mass is 9.77. The Bertz CT molecular complexity index is 2670. The molecule has 3 unspecified atom stereocenters. The van der Waals surface area contributed by atoms with Gasteiger partial charge < -0.3 is 47.4 Å². The van der Waals surface area contributed by atoms with Crippen LogP contribution in [0.2, 0.25) is 0 Å². The van der Waals surface area contributed by atoms with Crippen LogP contribution >= 0.6 is 0 Å². The number of hydrogen-bond donors (Lipinski definition) is 0. The van der Waals surface area contributed by atoms with Crippen molar-refractivity contribution in [2.45, 2.75) is 54.8 Å². The number of hydrogen-bond acceptors (Lipinski definition) is 14. The topological polar surface area (TPSA) is 161 Å². The van der Waals surface area contributed by atoms with Crippen LogP contribution in [-0.4, -0.2) is 117 Å². The van der Waals surface area contributed by atoms with Crippen molar-refractivity contribution in [2.24, 2.45) is 23.7 Å². The van der Waals surface area contributed by atoms with Crippen LogP contribution in [0.5, 0.6) is 0 Å². The fourth-order valence-electron chi connectivity index (χ4n) is 8.22. The summed E-state index contributed by atoms with van der Waals surface area (Å²) in [5, 5.41) is 8.88. The number of rotatable bonds is 29. The Morgan fingerprint density at radius 3 is 1.12 bits per heavy atom. The van der Waals surface area contributed by atoms with Gasteiger partial charge in [-0.05, 0) is 80.9 Å². The maximum atomic E-state index is 13.2. The quantitative estimate of drug-likeness (QED) is 0.0143. The van der Waals surface area contributed by atoms with Gasteiger partial charge in [-0.15, -0.1) is 0 Å². The van der Waals surface area contributed by atoms with Crippen LogP contribution in [0.1, 0.15) is 52.7 Å². The van der Waals surface area contributed by atoms with Gasteiger partial charge in [0.15, 0.2) is 0 Å². The Morgan fingerprint density at radius 2 is 0.750 bits per heavy atom. The van der Waals surface area contributed by atoms with Crippen LogP contribution in [0, 0.1) is 23.7 Å². The van der Waals surface area contributed by atoms with Crippen molar-refractivity contribution >= 4 is 67.0 Å². The molecule has 0 heterocycles. The Hall–Kier alpha value is -6.52. The van der Waals surface area contributed by atoms with Gasteiger partial charge in [-0.1, -0.05) is 138 Å². The Kier molecular flexibility index (Phi) is 27.9. The van der Waals surface area contributed by atoms with Gasteiger partial charge in [0.25, 0.3) is 0 Å². The predicted octanol–water partition coefficient (Wildman–Crippen LogP) is 11.2. The highest BCUT2D eigenvalue weighted by molar-refractivity contribution is 6.03. The van der Waals surface area contributed by atoms with E-state index in [0.29, 0.717) is 70.6 Å². The van der Waals surface area contributed by atoms with Crippen LogP contribution < -0.4 is 0 Å². The fraction of sp³-hybridized carbons (Fsp3) is 0.419. The molecule has 0 aliphatic heterocycles. The average Bonchev–Trinajstić information content (AvgIpc) is 3.41. The van der Waals surface area contributed by atoms with Crippen molar-refractivity contribution in [3.05, 3.63) is 145 Å². The minimum atomic E-state index is -0.480. The van der Waals surface area contributed by atoms with Crippen molar-refractivity contribution in [2.75, 3.05) is 93.5 Å². The van der Waals surface area contributed by atoms with E-state index in [0.717, 1.165) is 54.2 Å². The lowest BCUT2D eigenvalue weighted by Crippen LogP contribution is -2.36. The summed E-state index contributed by atoms with van der Waals surface area (Å²) in [7, 11) is 3.24. The Balaban J connectivity index is 0.000000281. The summed E-state index contributed by atoms with van der Waals surface area (Å²) in [5.41, 5.74) is 2.83. The first-order valence-corrected chi connectivity index (χ1v) is 25.8. The normalized spacial score (nSPS) is 12.2. The molecule has 6 aromatic rings. The first-order chi connectivity index (χ1) is 36.7. The highest BCUT2D eigenvalue weighted by atomic mass is 16.6. The maximum absolute atomic E-state index is 13.2. The van der Waals surface area contributed by atoms with E-state index in [-0.39, 0.29) is 68.7 Å². The second-order valence-corrected chi connectivity index (χ2v) is 18.5. The number of fused-ring (bicyclic) bond motifs is 4. The molecule has 14 nitrogen and oxygen atoms in total. The lowest BCUT2D eigenvalue weighted by molar-refractivity contribution is -0.159. The first-order valence-electron chi connectivity index (χ1n) is 25.8. The molecule has 6 aromatic carbocycles. The smallest absolute Gasteiger partial charge is 0.333 e. The number of esters is 4. The minimum absolute atomic E-state index is 0.000126. The maximum Gasteiger partial charge on any atom is 0.333 e. The van der Waals surface area contributed by atoms with Crippen LogP contribution in [-0.2, 0) is 79.8 Å². The number of benzene rings is 6. The van der Waals surface area contributed by atoms with Gasteiger partial charge in [0.2, 0.25) is 0 Å². The molecule has 0 radical (unpaired) electrons. The summed E-state index contributed by atoms with van der Waals surface area (Å²) in [6.07, 6.45) is 0. The summed E-state index contributed by atoms with van der Waals surface area (Å²) >= 11 is 0. The fourth-order valence-corrected chi connectivity index (χ4v) is 8.22. The highest BCUT2D eigenvalue weighted by Crippen LogP contribution is 2.33. The van der Waals surface area contributed by atoms with Gasteiger partial charge in [-0.2, -0.15) is 0 Å². The van der Waals surface area contributed by atoms with Crippen LogP contribution in [0.4, 0.5) is 0 Å². The molecule has 0 aromatic heterocycles. The molecule has 0 aliphatic carbocycles. The Labute approximate surface area is 448 Å². The summed E-state index contributed by atoms with van der Waals surface area (Å²) in [5.74, 6) is -2.57. The molecule has 14 heteroatoms. The van der Waals surface area contributed by atoms with Gasteiger partial charge in [-0.25, -0.2) is 9.59 Å². The molecule has 3 atom stereocenters. The number of carbonyl (C=O) groups is 4. The molecule has 410 valence electrons. The Morgan fingerprint density at radius 1 is 0.421 bits per heavy atom. The van der Waals surface area contributed by atoms with Gasteiger partial charge in [0, 0.05) is 36.5 Å². The van der Waals surface area contributed by atoms with Crippen LogP contribution in [0.3, 0.4) is 0 Å². The van der Waals surface area contributed by atoms with E-state index in [1.807, 2.05) is 76.2 Å². The zero-order valence-corrected chi connectivity index (χ0v) is 45.7. The molecule has 6 rings (SSSR count). The molecule has 76 heavy (non-hydrogen) atoms. The van der Waals surface area contributed by atoms with E-state index < -0.39 is 11.8 Å². The van der Waals surface area contributed by atoms with E-state index in [4.69, 9.17) is 47.4 Å². The van der Waals surface area contributed by atoms with Gasteiger partial charge in [0.05, 0.1) is 77.9 Å². The summed E-state index contributed by atoms with van der Waals surface area (Å²) in [4.78, 5) is 48.8. The number of carbonyl (C=O) groups excluding carboxylic acids is 4. The standard InChI is InChI=1S/C32H42O7.C19H16O2.C11H20O5/c1-22(2)30(32(34)38-19-18-37-17-16-36-15-14-35-5)23(3)24(4)31(33)39-21-29-27-12-8-6-10-25(27)20-26-11-7-9-13-28(26)29;1-13(2)19(20)21-12-18-16-9-5-3-7-14(16)11-15-8-4-6-10-17(15)18;1-10(2)11(12)16-9-8-15-7-6-14-5-4-13-3/h6-13,20,22-24,30H,14-19,21H2,1-5H3;3-11H,1,12H2,2H3;1,4-9H2,2-3H3. The van der Waals surface area contributed by atoms with E-state index in [2.05, 4.69) is 73.8 Å². The highest BCUT2D eigenvalue weighted by Gasteiger charge is 2.36. The SMILES string of the molecule is C=C(C)C(=O)OCCOCCOCCOC.C=C(C)C(=O)OCc1c2ccccc2cc2ccccc12.COCCOCCOCCOC(=O)C(C(C)C)C(C)C(C)C(=O)OCc1c2ccccc2cc2ccccc12. The van der Waals surface area contributed by atoms with Crippen molar-refractivity contribution in [1.29, 1.82) is 0 Å². The molecule has 0 saturated carbocycles. The average molecular weight is 1050 g/mol. The first kappa shape index (κ1) is 62.0. The molecule has 0 bridgehead atoms. The van der Waals surface area contributed by atoms with Gasteiger partial charge in [-0.3, -0.25) is 9.59 Å². The van der Waals surface area contributed by atoms with Crippen molar-refractivity contribution in [3.63, 3.8) is 0 Å². The number of ether oxygens (including phenoxy) is 10. The second kappa shape index (κ2) is 34.2. The van der Waals surface area contributed by atoms with E-state index in [1.54, 1.807) is 28.1 Å². The van der Waals surface area contributed by atoms with E-state index in [9.17, 15) is 19.2 Å². The lowest BCUT2D eigenvalue weighted by Gasteiger charge is -2.29. The summed E-state index contributed by atoms with van der Waals surface area (Å²) in [6.45, 7) is 23.6. The molecule has 0 saturated heterocycles. The van der Waals surface area contributed by atoms with Crippen LogP contribution in [0.15, 0.2) is 133 Å². The van der Waals surface area contributed by atoms with Gasteiger partial charge in [0.1, 0.15) is 26.4 Å². The predicted molar refractivity (Wildman–Crippen MR) is 298 cm³/mol. The molecular formula is C62H78O14. The zero-order chi connectivity index (χ0) is 55.2. The second-order valence-electron chi connectivity index (χ2n) is 18.5. The van der Waals surface area contributed by atoms with E-state index in [1.165, 1.54) is 0 Å². The third kappa shape index (κ3) is 20.2. The van der Waals surface area contributed by atoms with Gasteiger partial charge >= 0.3 is 23.9 Å². The molecule has 0 aliphatic rings.